The molecule has 2 rings (SSSR count). The number of methoxy groups -OCH3 is 1. The van der Waals surface area contributed by atoms with Crippen LogP contribution in [0.5, 0.6) is 11.5 Å². The van der Waals surface area contributed by atoms with Crippen molar-refractivity contribution in [2.45, 2.75) is 32.3 Å². The molecular formula is C15H18O4. The Bertz CT molecular complexity index is 529. The molecule has 0 unspecified atom stereocenters. The maximum atomic E-state index is 11.1. The van der Waals surface area contributed by atoms with Crippen molar-refractivity contribution < 1.29 is 19.4 Å². The maximum Gasteiger partial charge on any atom is 0.305 e. The number of hydrogen-bond acceptors (Lipinski definition) is 4. The van der Waals surface area contributed by atoms with Crippen molar-refractivity contribution >= 4 is 12.0 Å². The summed E-state index contributed by atoms with van der Waals surface area (Å²) in [6.07, 6.45) is 4.64. The van der Waals surface area contributed by atoms with E-state index in [1.807, 2.05) is 32.1 Å². The Morgan fingerprint density at radius 1 is 1.42 bits per heavy atom. The fourth-order valence-electron chi connectivity index (χ4n) is 2.00. The molecule has 1 heterocycles. The first kappa shape index (κ1) is 13.5. The molecule has 0 saturated heterocycles. The third-order valence-corrected chi connectivity index (χ3v) is 3.07. The summed E-state index contributed by atoms with van der Waals surface area (Å²) in [5.41, 5.74) is 1.27. The summed E-state index contributed by atoms with van der Waals surface area (Å²) in [7, 11) is 1.35. The average molecular weight is 262 g/mol. The van der Waals surface area contributed by atoms with E-state index in [1.165, 1.54) is 7.11 Å². The van der Waals surface area contributed by atoms with E-state index in [1.54, 1.807) is 6.07 Å². The number of phenolic OH excluding ortho intramolecular Hbond substituents is 1. The molecule has 1 aromatic rings. The van der Waals surface area contributed by atoms with Crippen molar-refractivity contribution in [3.63, 3.8) is 0 Å². The summed E-state index contributed by atoms with van der Waals surface area (Å²) >= 11 is 0. The van der Waals surface area contributed by atoms with E-state index in [2.05, 4.69) is 4.74 Å². The smallest absolute Gasteiger partial charge is 0.305 e. The Kier molecular flexibility index (Phi) is 3.51. The first-order valence-corrected chi connectivity index (χ1v) is 6.22. The lowest BCUT2D eigenvalue weighted by Crippen LogP contribution is -2.27. The molecule has 0 atom stereocenters. The van der Waals surface area contributed by atoms with Gasteiger partial charge < -0.3 is 14.6 Å². The van der Waals surface area contributed by atoms with Gasteiger partial charge in [-0.1, -0.05) is 6.08 Å². The maximum absolute atomic E-state index is 11.1. The lowest BCUT2D eigenvalue weighted by Gasteiger charge is -2.28. The molecule has 19 heavy (non-hydrogen) atoms. The third kappa shape index (κ3) is 3.08. The molecule has 0 bridgehead atoms. The summed E-state index contributed by atoms with van der Waals surface area (Å²) in [4.78, 5) is 11.1. The largest absolute Gasteiger partial charge is 0.508 e. The molecule has 1 N–H and O–H groups in total. The van der Waals surface area contributed by atoms with Gasteiger partial charge in [0, 0.05) is 18.1 Å². The normalized spacial score (nSPS) is 15.5. The van der Waals surface area contributed by atoms with Gasteiger partial charge in [-0.15, -0.1) is 0 Å². The number of aromatic hydroxyl groups is 1. The second-order valence-electron chi connectivity index (χ2n) is 5.13. The van der Waals surface area contributed by atoms with Gasteiger partial charge in [0.2, 0.25) is 0 Å². The van der Waals surface area contributed by atoms with E-state index in [0.717, 1.165) is 11.1 Å². The third-order valence-electron chi connectivity index (χ3n) is 3.07. The van der Waals surface area contributed by atoms with Gasteiger partial charge in [0.05, 0.1) is 7.11 Å². The van der Waals surface area contributed by atoms with Crippen LogP contribution in [0.3, 0.4) is 0 Å². The lowest BCUT2D eigenvalue weighted by atomic mass is 9.98. The quantitative estimate of drug-likeness (QED) is 0.851. The SMILES string of the molecule is COC(=O)CCc1cc2c(cc1O)OC(C)(C)C=C2. The van der Waals surface area contributed by atoms with Gasteiger partial charge in [-0.25, -0.2) is 0 Å². The molecule has 102 valence electrons. The lowest BCUT2D eigenvalue weighted by molar-refractivity contribution is -0.140. The van der Waals surface area contributed by atoms with Gasteiger partial charge >= 0.3 is 5.97 Å². The second-order valence-corrected chi connectivity index (χ2v) is 5.13. The molecule has 0 spiro atoms. The van der Waals surface area contributed by atoms with Crippen molar-refractivity contribution in [2.75, 3.05) is 7.11 Å². The minimum absolute atomic E-state index is 0.147. The van der Waals surface area contributed by atoms with Crippen molar-refractivity contribution in [1.82, 2.24) is 0 Å². The van der Waals surface area contributed by atoms with Gasteiger partial charge in [0.25, 0.3) is 0 Å². The minimum Gasteiger partial charge on any atom is -0.508 e. The summed E-state index contributed by atoms with van der Waals surface area (Å²) in [6.45, 7) is 3.91. The first-order chi connectivity index (χ1) is 8.91. The van der Waals surface area contributed by atoms with Gasteiger partial charge in [-0.2, -0.15) is 0 Å². The Morgan fingerprint density at radius 3 is 2.84 bits per heavy atom. The van der Waals surface area contributed by atoms with E-state index < -0.39 is 0 Å². The van der Waals surface area contributed by atoms with Crippen molar-refractivity contribution in [1.29, 1.82) is 0 Å². The molecule has 0 saturated carbocycles. The minimum atomic E-state index is -0.368. The number of carbonyl (C=O) groups is 1. The zero-order chi connectivity index (χ0) is 14.0. The van der Waals surface area contributed by atoms with Crippen LogP contribution in [-0.2, 0) is 16.0 Å². The molecule has 0 aromatic heterocycles. The zero-order valence-electron chi connectivity index (χ0n) is 11.4. The van der Waals surface area contributed by atoms with Crippen LogP contribution in [0.4, 0.5) is 0 Å². The summed E-state index contributed by atoms with van der Waals surface area (Å²) in [5, 5.41) is 9.97. The van der Waals surface area contributed by atoms with E-state index in [4.69, 9.17) is 4.74 Å². The summed E-state index contributed by atoms with van der Waals surface area (Å²) in [5.74, 6) is 0.519. The number of benzene rings is 1. The van der Waals surface area contributed by atoms with Crippen LogP contribution in [0, 0.1) is 0 Å². The van der Waals surface area contributed by atoms with Gasteiger partial charge in [-0.3, -0.25) is 4.79 Å². The van der Waals surface area contributed by atoms with E-state index in [9.17, 15) is 9.90 Å². The second kappa shape index (κ2) is 4.96. The highest BCUT2D eigenvalue weighted by Gasteiger charge is 2.22. The van der Waals surface area contributed by atoms with Crippen LogP contribution in [-0.4, -0.2) is 23.8 Å². The van der Waals surface area contributed by atoms with E-state index in [0.29, 0.717) is 12.2 Å². The standard InChI is InChI=1S/C15H18O4/c1-15(2)7-6-11-8-10(4-5-14(17)18-3)12(16)9-13(11)19-15/h6-9,16H,4-5H2,1-3H3. The molecule has 1 aliphatic heterocycles. The van der Waals surface area contributed by atoms with Gasteiger partial charge in [-0.05, 0) is 38.0 Å². The molecule has 4 nitrogen and oxygen atoms in total. The molecule has 1 aromatic carbocycles. The molecule has 0 aliphatic carbocycles. The molecule has 0 fully saturated rings. The van der Waals surface area contributed by atoms with Crippen LogP contribution in [0.15, 0.2) is 18.2 Å². The van der Waals surface area contributed by atoms with Crippen molar-refractivity contribution in [3.05, 3.63) is 29.3 Å². The molecular weight excluding hydrogens is 244 g/mol. The van der Waals surface area contributed by atoms with Crippen LogP contribution in [0.25, 0.3) is 6.08 Å². The highest BCUT2D eigenvalue weighted by Crippen LogP contribution is 2.36. The highest BCUT2D eigenvalue weighted by molar-refractivity contribution is 5.70. The number of hydrogen-bond donors (Lipinski definition) is 1. The summed E-state index contributed by atoms with van der Waals surface area (Å²) in [6, 6.07) is 3.45. The Labute approximate surface area is 112 Å². The molecule has 0 amide bonds. The van der Waals surface area contributed by atoms with E-state index in [-0.39, 0.29) is 23.7 Å². The average Bonchev–Trinajstić information content (AvgIpc) is 2.35. The number of esters is 1. The molecule has 0 radical (unpaired) electrons. The number of fused-ring (bicyclic) bond motifs is 1. The number of aryl methyl sites for hydroxylation is 1. The van der Waals surface area contributed by atoms with Gasteiger partial charge in [0.15, 0.2) is 0 Å². The number of rotatable bonds is 3. The predicted octanol–water partition coefficient (Wildman–Crippen LogP) is 2.68. The van der Waals surface area contributed by atoms with Crippen molar-refractivity contribution in [3.8, 4) is 11.5 Å². The number of ether oxygens (including phenoxy) is 2. The predicted molar refractivity (Wildman–Crippen MR) is 72.2 cm³/mol. The zero-order valence-corrected chi connectivity index (χ0v) is 11.4. The van der Waals surface area contributed by atoms with Gasteiger partial charge in [0.1, 0.15) is 17.1 Å². The summed E-state index contributed by atoms with van der Waals surface area (Å²) < 4.78 is 10.4. The Morgan fingerprint density at radius 2 is 2.16 bits per heavy atom. The van der Waals surface area contributed by atoms with Crippen LogP contribution < -0.4 is 4.74 Å². The fourth-order valence-corrected chi connectivity index (χ4v) is 2.00. The van der Waals surface area contributed by atoms with Crippen LogP contribution in [0.2, 0.25) is 0 Å². The monoisotopic (exact) mass is 262 g/mol. The van der Waals surface area contributed by atoms with E-state index >= 15 is 0 Å². The number of carbonyl (C=O) groups excluding carboxylic acids is 1. The fraction of sp³-hybridized carbons (Fsp3) is 0.400. The Hall–Kier alpha value is -1.97. The highest BCUT2D eigenvalue weighted by atomic mass is 16.5. The number of phenols is 1. The first-order valence-electron chi connectivity index (χ1n) is 6.22. The van der Waals surface area contributed by atoms with Crippen LogP contribution in [0.1, 0.15) is 31.4 Å². The van der Waals surface area contributed by atoms with Crippen molar-refractivity contribution in [2.24, 2.45) is 0 Å². The molecule has 4 heteroatoms. The molecule has 1 aliphatic rings. The topological polar surface area (TPSA) is 55.8 Å². The van der Waals surface area contributed by atoms with Crippen LogP contribution >= 0.6 is 0 Å². The Balaban J connectivity index is 2.22.